The number of amides is 2. The van der Waals surface area contributed by atoms with Gasteiger partial charge in [-0.05, 0) is 54.4 Å². The molecule has 0 saturated carbocycles. The zero-order chi connectivity index (χ0) is 25.3. The summed E-state index contributed by atoms with van der Waals surface area (Å²) in [6, 6.07) is 19.7. The van der Waals surface area contributed by atoms with Crippen LogP contribution in [0.25, 0.3) is 0 Å². The first kappa shape index (κ1) is 26.2. The van der Waals surface area contributed by atoms with Crippen molar-refractivity contribution in [3.63, 3.8) is 0 Å². The molecule has 0 aliphatic carbocycles. The molecule has 9 heteroatoms. The lowest BCUT2D eigenvalue weighted by Gasteiger charge is -2.13. The molecule has 0 atom stereocenters. The third-order valence-electron chi connectivity index (χ3n) is 5.10. The molecule has 0 saturated heterocycles. The van der Waals surface area contributed by atoms with Crippen LogP contribution in [0.3, 0.4) is 0 Å². The van der Waals surface area contributed by atoms with Gasteiger partial charge in [0.05, 0.1) is 5.69 Å². The van der Waals surface area contributed by atoms with E-state index in [0.29, 0.717) is 23.8 Å². The highest BCUT2D eigenvalue weighted by Crippen LogP contribution is 2.23. The van der Waals surface area contributed by atoms with Crippen molar-refractivity contribution < 1.29 is 22.7 Å². The van der Waals surface area contributed by atoms with E-state index in [9.17, 15) is 18.0 Å². The van der Waals surface area contributed by atoms with Crippen LogP contribution in [0.4, 0.5) is 5.69 Å². The van der Waals surface area contributed by atoms with Gasteiger partial charge < -0.3 is 10.1 Å². The standard InChI is InChI=1S/C26H27ClN2O5S/c1-2-3-4-12-25(30)29-35(32,33)24-11-6-5-10-23(24)28-26(31)20-8-7-9-22(17-20)34-18-19-13-15-21(27)16-14-19/h5-11,13-17H,2-4,12,18H2,1H3,(H,28,31)(H,29,30). The van der Waals surface area contributed by atoms with Gasteiger partial charge in [-0.25, -0.2) is 13.1 Å². The Hall–Kier alpha value is -3.36. The van der Waals surface area contributed by atoms with Crippen LogP contribution in [0.5, 0.6) is 5.75 Å². The van der Waals surface area contributed by atoms with E-state index >= 15 is 0 Å². The van der Waals surface area contributed by atoms with Crippen molar-refractivity contribution in [1.82, 2.24) is 4.72 Å². The number of ether oxygens (including phenoxy) is 1. The Morgan fingerprint density at radius 3 is 2.43 bits per heavy atom. The predicted molar refractivity (Wildman–Crippen MR) is 136 cm³/mol. The maximum atomic E-state index is 12.9. The first-order valence-corrected chi connectivity index (χ1v) is 13.1. The molecule has 2 N–H and O–H groups in total. The third-order valence-corrected chi connectivity index (χ3v) is 6.78. The number of para-hydroxylation sites is 1. The van der Waals surface area contributed by atoms with Gasteiger partial charge in [-0.2, -0.15) is 0 Å². The van der Waals surface area contributed by atoms with Crippen LogP contribution >= 0.6 is 11.6 Å². The lowest BCUT2D eigenvalue weighted by molar-refractivity contribution is -0.119. The largest absolute Gasteiger partial charge is 0.489 e. The number of hydrogen-bond donors (Lipinski definition) is 2. The van der Waals surface area contributed by atoms with Crippen LogP contribution in [0.1, 0.15) is 48.5 Å². The number of nitrogens with one attached hydrogen (secondary N) is 2. The zero-order valence-corrected chi connectivity index (χ0v) is 20.9. The van der Waals surface area contributed by atoms with E-state index in [1.165, 1.54) is 18.2 Å². The van der Waals surface area contributed by atoms with Gasteiger partial charge in [0, 0.05) is 17.0 Å². The maximum absolute atomic E-state index is 12.9. The molecule has 0 heterocycles. The molecule has 0 radical (unpaired) electrons. The lowest BCUT2D eigenvalue weighted by Crippen LogP contribution is -2.31. The molecule has 184 valence electrons. The first-order chi connectivity index (χ1) is 16.8. The van der Waals surface area contributed by atoms with Crippen LogP contribution in [-0.4, -0.2) is 20.2 Å². The van der Waals surface area contributed by atoms with Crippen molar-refractivity contribution in [1.29, 1.82) is 0 Å². The van der Waals surface area contributed by atoms with Gasteiger partial charge >= 0.3 is 0 Å². The Balaban J connectivity index is 1.70. The molecule has 3 aromatic rings. The summed E-state index contributed by atoms with van der Waals surface area (Å²) in [6.07, 6.45) is 2.47. The van der Waals surface area contributed by atoms with E-state index in [0.717, 1.165) is 18.4 Å². The van der Waals surface area contributed by atoms with Crippen LogP contribution in [-0.2, 0) is 21.4 Å². The average molecular weight is 515 g/mol. The molecular weight excluding hydrogens is 488 g/mol. The zero-order valence-electron chi connectivity index (χ0n) is 19.3. The number of unbranched alkanes of at least 4 members (excludes halogenated alkanes) is 2. The maximum Gasteiger partial charge on any atom is 0.266 e. The summed E-state index contributed by atoms with van der Waals surface area (Å²) in [5.41, 5.74) is 1.27. The van der Waals surface area contributed by atoms with Crippen molar-refractivity contribution in [2.75, 3.05) is 5.32 Å². The lowest BCUT2D eigenvalue weighted by atomic mass is 10.2. The molecule has 0 fully saturated rings. The van der Waals surface area contributed by atoms with Crippen LogP contribution < -0.4 is 14.8 Å². The summed E-state index contributed by atoms with van der Waals surface area (Å²) in [5.74, 6) is -0.614. The van der Waals surface area contributed by atoms with Crippen molar-refractivity contribution in [3.05, 3.63) is 88.9 Å². The molecule has 7 nitrogen and oxygen atoms in total. The Kier molecular flexibility index (Phi) is 9.28. The van der Waals surface area contributed by atoms with Gasteiger partial charge in [0.2, 0.25) is 5.91 Å². The second-order valence-corrected chi connectivity index (χ2v) is 9.97. The summed E-state index contributed by atoms with van der Waals surface area (Å²) >= 11 is 5.90. The van der Waals surface area contributed by atoms with E-state index in [1.807, 2.05) is 19.1 Å². The molecule has 0 bridgehead atoms. The molecule has 0 aliphatic rings. The number of hydrogen-bond acceptors (Lipinski definition) is 5. The summed E-state index contributed by atoms with van der Waals surface area (Å²) < 4.78 is 33.4. The van der Waals surface area contributed by atoms with Gasteiger partial charge in [-0.3, -0.25) is 9.59 Å². The monoisotopic (exact) mass is 514 g/mol. The highest BCUT2D eigenvalue weighted by molar-refractivity contribution is 7.90. The minimum Gasteiger partial charge on any atom is -0.489 e. The van der Waals surface area contributed by atoms with E-state index in [4.69, 9.17) is 16.3 Å². The molecule has 3 rings (SSSR count). The van der Waals surface area contributed by atoms with Crippen LogP contribution in [0, 0.1) is 0 Å². The molecule has 0 spiro atoms. The fourth-order valence-electron chi connectivity index (χ4n) is 3.26. The predicted octanol–water partition coefficient (Wildman–Crippen LogP) is 5.56. The summed E-state index contributed by atoms with van der Waals surface area (Å²) in [6.45, 7) is 2.29. The fourth-order valence-corrected chi connectivity index (χ4v) is 4.57. The van der Waals surface area contributed by atoms with Gasteiger partial charge in [-0.15, -0.1) is 0 Å². The Morgan fingerprint density at radius 2 is 1.69 bits per heavy atom. The average Bonchev–Trinajstić information content (AvgIpc) is 2.84. The quantitative estimate of drug-likeness (QED) is 0.326. The number of halogens is 1. The van der Waals surface area contributed by atoms with Crippen molar-refractivity contribution in [2.45, 2.75) is 44.1 Å². The fraction of sp³-hybridized carbons (Fsp3) is 0.231. The molecule has 0 aliphatic heterocycles. The summed E-state index contributed by atoms with van der Waals surface area (Å²) in [4.78, 5) is 24.8. The molecular formula is C26H27ClN2O5S. The van der Waals surface area contributed by atoms with E-state index < -0.39 is 21.8 Å². The van der Waals surface area contributed by atoms with Gasteiger partial charge in [0.25, 0.3) is 15.9 Å². The second-order valence-electron chi connectivity index (χ2n) is 7.88. The number of anilines is 1. The topological polar surface area (TPSA) is 102 Å². The number of benzene rings is 3. The first-order valence-electron chi connectivity index (χ1n) is 11.2. The Labute approximate surface area is 210 Å². The molecule has 35 heavy (non-hydrogen) atoms. The van der Waals surface area contributed by atoms with Crippen LogP contribution in [0.15, 0.2) is 77.7 Å². The van der Waals surface area contributed by atoms with Gasteiger partial charge in [0.15, 0.2) is 0 Å². The SMILES string of the molecule is CCCCCC(=O)NS(=O)(=O)c1ccccc1NC(=O)c1cccc(OCc2ccc(Cl)cc2)c1. The van der Waals surface area contributed by atoms with Crippen LogP contribution in [0.2, 0.25) is 5.02 Å². The normalized spacial score (nSPS) is 11.0. The molecule has 2 amide bonds. The van der Waals surface area contributed by atoms with Gasteiger partial charge in [0.1, 0.15) is 17.3 Å². The number of carbonyl (C=O) groups excluding carboxylic acids is 2. The molecule has 0 unspecified atom stereocenters. The molecule has 0 aromatic heterocycles. The van der Waals surface area contributed by atoms with Crippen molar-refractivity contribution in [3.8, 4) is 5.75 Å². The highest BCUT2D eigenvalue weighted by Gasteiger charge is 2.22. The van der Waals surface area contributed by atoms with Crippen molar-refractivity contribution in [2.24, 2.45) is 0 Å². The Bertz CT molecular complexity index is 1280. The Morgan fingerprint density at radius 1 is 0.943 bits per heavy atom. The van der Waals surface area contributed by atoms with Crippen molar-refractivity contribution >= 4 is 39.1 Å². The summed E-state index contributed by atoms with van der Waals surface area (Å²) in [5, 5.41) is 3.26. The highest BCUT2D eigenvalue weighted by atomic mass is 35.5. The number of rotatable bonds is 11. The minimum absolute atomic E-state index is 0.0684. The van der Waals surface area contributed by atoms with E-state index in [2.05, 4.69) is 10.0 Å². The third kappa shape index (κ3) is 7.83. The minimum atomic E-state index is -4.15. The number of carbonyl (C=O) groups is 2. The molecule has 3 aromatic carbocycles. The van der Waals surface area contributed by atoms with E-state index in [1.54, 1.807) is 42.5 Å². The van der Waals surface area contributed by atoms with Gasteiger partial charge in [-0.1, -0.05) is 61.7 Å². The second kappa shape index (κ2) is 12.4. The smallest absolute Gasteiger partial charge is 0.266 e. The van der Waals surface area contributed by atoms with E-state index in [-0.39, 0.29) is 22.6 Å². The number of sulfonamides is 1. The summed E-state index contributed by atoms with van der Waals surface area (Å²) in [7, 11) is -4.15.